The Bertz CT molecular complexity index is 1750. The van der Waals surface area contributed by atoms with E-state index in [1.54, 1.807) is 27.8 Å². The number of anilines is 1. The van der Waals surface area contributed by atoms with Crippen molar-refractivity contribution >= 4 is 28.8 Å². The van der Waals surface area contributed by atoms with Crippen molar-refractivity contribution in [1.82, 2.24) is 29.0 Å². The molecule has 3 aromatic heterocycles. The van der Waals surface area contributed by atoms with Crippen LogP contribution in [0, 0.1) is 5.82 Å². The molecule has 0 unspecified atom stereocenters. The number of carbonyl (C=O) groups is 2. The van der Waals surface area contributed by atoms with Gasteiger partial charge in [0.2, 0.25) is 5.91 Å². The molecule has 1 aliphatic heterocycles. The minimum absolute atomic E-state index is 0.0709. The number of rotatable bonds is 10. The molecular formula is C30H32FN7O4. The fourth-order valence-corrected chi connectivity index (χ4v) is 5.47. The van der Waals surface area contributed by atoms with E-state index in [9.17, 15) is 23.6 Å². The number of halogens is 1. The van der Waals surface area contributed by atoms with Crippen molar-refractivity contribution in [1.29, 1.82) is 0 Å². The van der Waals surface area contributed by atoms with Crippen LogP contribution in [-0.2, 0) is 11.3 Å². The zero-order valence-corrected chi connectivity index (χ0v) is 23.4. The van der Waals surface area contributed by atoms with Crippen LogP contribution in [0.4, 0.5) is 10.2 Å². The fraction of sp³-hybridized carbons (Fsp3) is 0.400. The molecule has 2 amide bonds. The number of H-pyrrole nitrogens is 1. The van der Waals surface area contributed by atoms with E-state index < -0.39 is 5.82 Å². The van der Waals surface area contributed by atoms with Crippen LogP contribution < -0.4 is 16.1 Å². The molecule has 1 aliphatic carbocycles. The highest BCUT2D eigenvalue weighted by Gasteiger charge is 2.30. The molecule has 4 aromatic rings. The Labute approximate surface area is 240 Å². The lowest BCUT2D eigenvalue weighted by molar-refractivity contribution is -0.127. The number of likely N-dealkylation sites (tertiary alicyclic amines) is 1. The van der Waals surface area contributed by atoms with Gasteiger partial charge in [0.15, 0.2) is 5.65 Å². The van der Waals surface area contributed by atoms with Gasteiger partial charge in [-0.15, -0.1) is 0 Å². The molecule has 1 N–H and O–H groups in total. The molecule has 1 saturated carbocycles. The first-order valence-corrected chi connectivity index (χ1v) is 14.4. The van der Waals surface area contributed by atoms with Crippen LogP contribution in [0.1, 0.15) is 61.8 Å². The van der Waals surface area contributed by atoms with E-state index in [1.165, 1.54) is 33.7 Å². The summed E-state index contributed by atoms with van der Waals surface area (Å²) in [5.41, 5.74) is 0.776. The van der Waals surface area contributed by atoms with Crippen LogP contribution in [-0.4, -0.2) is 60.4 Å². The summed E-state index contributed by atoms with van der Waals surface area (Å²) in [6.07, 6.45) is 5.82. The van der Waals surface area contributed by atoms with Gasteiger partial charge in [-0.05, 0) is 68.5 Å². The summed E-state index contributed by atoms with van der Waals surface area (Å²) in [4.78, 5) is 67.4. The zero-order chi connectivity index (χ0) is 29.4. The third-order valence-corrected chi connectivity index (χ3v) is 7.78. The van der Waals surface area contributed by atoms with Crippen LogP contribution in [0.3, 0.4) is 0 Å². The normalized spacial score (nSPS) is 15.1. The summed E-state index contributed by atoms with van der Waals surface area (Å²) >= 11 is 0. The van der Waals surface area contributed by atoms with Crippen LogP contribution in [0.5, 0.6) is 0 Å². The number of pyridine rings is 1. The van der Waals surface area contributed by atoms with E-state index in [0.717, 1.165) is 19.3 Å². The number of benzene rings is 1. The molecule has 0 atom stereocenters. The molecule has 11 nitrogen and oxygen atoms in total. The number of hydrogen-bond acceptors (Lipinski definition) is 6. The minimum Gasteiger partial charge on any atom is -0.343 e. The summed E-state index contributed by atoms with van der Waals surface area (Å²) in [6.45, 7) is 3.95. The van der Waals surface area contributed by atoms with Gasteiger partial charge in [0.25, 0.3) is 11.5 Å². The number of amides is 2. The van der Waals surface area contributed by atoms with Crippen molar-refractivity contribution in [3.05, 3.63) is 74.8 Å². The molecule has 0 bridgehead atoms. The Morgan fingerprint density at radius 1 is 1.10 bits per heavy atom. The van der Waals surface area contributed by atoms with E-state index in [4.69, 9.17) is 0 Å². The first-order valence-electron chi connectivity index (χ1n) is 14.4. The van der Waals surface area contributed by atoms with Crippen LogP contribution >= 0.6 is 0 Å². The minimum atomic E-state index is -0.438. The number of aromatic nitrogens is 5. The van der Waals surface area contributed by atoms with Crippen molar-refractivity contribution in [2.45, 2.75) is 58.0 Å². The van der Waals surface area contributed by atoms with Gasteiger partial charge in [-0.2, -0.15) is 0 Å². The van der Waals surface area contributed by atoms with Gasteiger partial charge in [-0.3, -0.25) is 28.4 Å². The molecule has 12 heteroatoms. The van der Waals surface area contributed by atoms with Crippen LogP contribution in [0.2, 0.25) is 0 Å². The lowest BCUT2D eigenvalue weighted by Gasteiger charge is -2.24. The van der Waals surface area contributed by atoms with Gasteiger partial charge in [0, 0.05) is 56.0 Å². The SMILES string of the molecule is CCCn1c(=O)n(C2CC2)c(=O)c2[nH]c(-c3ccc(N(CCCN4CCCC4=O)C(=O)c4ccc(F)cc4)nc3)nc21. The summed E-state index contributed by atoms with van der Waals surface area (Å²) in [7, 11) is 0. The number of nitrogens with one attached hydrogen (secondary N) is 1. The van der Waals surface area contributed by atoms with Gasteiger partial charge in [0.1, 0.15) is 23.0 Å². The van der Waals surface area contributed by atoms with Crippen LogP contribution in [0.25, 0.3) is 22.6 Å². The highest BCUT2D eigenvalue weighted by Crippen LogP contribution is 2.32. The molecular weight excluding hydrogens is 541 g/mol. The lowest BCUT2D eigenvalue weighted by atomic mass is 10.1. The Kier molecular flexibility index (Phi) is 7.44. The number of hydrogen-bond donors (Lipinski definition) is 1. The predicted molar refractivity (Wildman–Crippen MR) is 155 cm³/mol. The summed E-state index contributed by atoms with van der Waals surface area (Å²) in [5, 5.41) is 0. The molecule has 2 fully saturated rings. The van der Waals surface area contributed by atoms with Gasteiger partial charge < -0.3 is 9.88 Å². The van der Waals surface area contributed by atoms with Crippen molar-refractivity contribution in [3.8, 4) is 11.4 Å². The van der Waals surface area contributed by atoms with Crippen molar-refractivity contribution in [2.24, 2.45) is 0 Å². The average molecular weight is 574 g/mol. The van der Waals surface area contributed by atoms with Crippen molar-refractivity contribution in [3.63, 3.8) is 0 Å². The van der Waals surface area contributed by atoms with Gasteiger partial charge in [-0.1, -0.05) is 6.92 Å². The number of aromatic amines is 1. The van der Waals surface area contributed by atoms with E-state index in [2.05, 4.69) is 15.0 Å². The molecule has 0 radical (unpaired) electrons. The molecule has 42 heavy (non-hydrogen) atoms. The smallest absolute Gasteiger partial charge is 0.333 e. The second-order valence-corrected chi connectivity index (χ2v) is 10.8. The molecule has 1 aromatic carbocycles. The van der Waals surface area contributed by atoms with E-state index in [0.29, 0.717) is 73.9 Å². The van der Waals surface area contributed by atoms with E-state index >= 15 is 0 Å². The fourth-order valence-electron chi connectivity index (χ4n) is 5.47. The van der Waals surface area contributed by atoms with E-state index in [1.807, 2.05) is 6.92 Å². The third kappa shape index (κ3) is 5.24. The summed E-state index contributed by atoms with van der Waals surface area (Å²) < 4.78 is 16.4. The van der Waals surface area contributed by atoms with Crippen molar-refractivity contribution in [2.75, 3.05) is 24.5 Å². The Morgan fingerprint density at radius 2 is 1.88 bits per heavy atom. The highest BCUT2D eigenvalue weighted by atomic mass is 19.1. The second kappa shape index (κ2) is 11.3. The number of carbonyl (C=O) groups excluding carboxylic acids is 2. The quantitative estimate of drug-likeness (QED) is 0.310. The number of imidazole rings is 1. The van der Waals surface area contributed by atoms with Crippen LogP contribution in [0.15, 0.2) is 52.2 Å². The summed E-state index contributed by atoms with van der Waals surface area (Å²) in [6, 6.07) is 8.70. The Morgan fingerprint density at radius 3 is 2.52 bits per heavy atom. The van der Waals surface area contributed by atoms with Gasteiger partial charge in [-0.25, -0.2) is 19.2 Å². The number of fused-ring (bicyclic) bond motifs is 1. The molecule has 6 rings (SSSR count). The number of aryl methyl sites for hydroxylation is 1. The molecule has 1 saturated heterocycles. The molecule has 4 heterocycles. The van der Waals surface area contributed by atoms with Crippen molar-refractivity contribution < 1.29 is 14.0 Å². The first-order chi connectivity index (χ1) is 20.4. The second-order valence-electron chi connectivity index (χ2n) is 10.8. The maximum absolute atomic E-state index is 13.5. The highest BCUT2D eigenvalue weighted by molar-refractivity contribution is 6.05. The number of nitrogens with zero attached hydrogens (tertiary/aromatic N) is 6. The first kappa shape index (κ1) is 27.6. The average Bonchev–Trinajstić information content (AvgIpc) is 3.58. The predicted octanol–water partition coefficient (Wildman–Crippen LogP) is 3.49. The molecule has 0 spiro atoms. The topological polar surface area (TPSA) is 126 Å². The molecule has 218 valence electrons. The maximum atomic E-state index is 13.5. The maximum Gasteiger partial charge on any atom is 0.333 e. The standard InChI is InChI=1S/C30H32FN7O4/c1-2-14-37-27-25(29(41)38(30(37)42)22-11-12-22)33-26(34-27)20-8-13-23(32-18-20)36(17-4-16-35-15-3-5-24(35)39)28(40)19-6-9-21(31)10-7-19/h6-10,13,18,22H,2-5,11-12,14-17H2,1H3,(H,33,34). The Hall–Kier alpha value is -4.61. The van der Waals surface area contributed by atoms with E-state index in [-0.39, 0.29) is 34.6 Å². The Balaban J connectivity index is 1.31. The third-order valence-electron chi connectivity index (χ3n) is 7.78. The molecule has 2 aliphatic rings. The summed E-state index contributed by atoms with van der Waals surface area (Å²) in [5.74, 6) is 0.120. The van der Waals surface area contributed by atoms with Gasteiger partial charge in [0.05, 0.1) is 0 Å². The van der Waals surface area contributed by atoms with Gasteiger partial charge >= 0.3 is 5.69 Å². The largest absolute Gasteiger partial charge is 0.343 e. The monoisotopic (exact) mass is 573 g/mol. The zero-order valence-electron chi connectivity index (χ0n) is 23.4. The lowest BCUT2D eigenvalue weighted by Crippen LogP contribution is -2.39.